The number of aliphatic imine (C=N–C) groups is 1. The molecule has 0 saturated heterocycles. The highest BCUT2D eigenvalue weighted by molar-refractivity contribution is 6.04. The molecular weight excluding hydrogens is 793 g/mol. The maximum atomic E-state index is 6.24. The molecule has 6 aromatic carbocycles. The predicted octanol–water partition coefficient (Wildman–Crippen LogP) is 16.0. The van der Waals surface area contributed by atoms with Crippen LogP contribution < -0.4 is 10.5 Å². The highest BCUT2D eigenvalue weighted by Crippen LogP contribution is 2.39. The Bertz CT molecular complexity index is 2990. The van der Waals surface area contributed by atoms with Gasteiger partial charge >= 0.3 is 0 Å². The monoisotopic (exact) mass is 848 g/mol. The molecule has 2 N–H and O–H groups in total. The molecule has 0 spiro atoms. The van der Waals surface area contributed by atoms with Crippen molar-refractivity contribution < 1.29 is 9.15 Å². The largest absolute Gasteiger partial charge is 0.464 e. The van der Waals surface area contributed by atoms with E-state index >= 15 is 0 Å². The Morgan fingerprint density at radius 3 is 2.12 bits per heavy atom. The van der Waals surface area contributed by atoms with Crippen LogP contribution in [0.5, 0.6) is 5.75 Å². The summed E-state index contributed by atoms with van der Waals surface area (Å²) in [5.41, 5.74) is 20.5. The molecule has 1 aliphatic heterocycles. The van der Waals surface area contributed by atoms with E-state index in [0.29, 0.717) is 11.5 Å². The van der Waals surface area contributed by atoms with Crippen LogP contribution in [0.3, 0.4) is 0 Å². The van der Waals surface area contributed by atoms with E-state index in [4.69, 9.17) is 14.9 Å². The van der Waals surface area contributed by atoms with Gasteiger partial charge in [-0.2, -0.15) is 0 Å². The number of furan rings is 1. The highest BCUT2D eigenvalue weighted by Gasteiger charge is 2.15. The van der Waals surface area contributed by atoms with Crippen LogP contribution in [0.25, 0.3) is 49.9 Å². The van der Waals surface area contributed by atoms with E-state index in [1.807, 2.05) is 85.8 Å². The zero-order valence-corrected chi connectivity index (χ0v) is 37.4. The summed E-state index contributed by atoms with van der Waals surface area (Å²) in [5, 5.41) is 2.39. The van der Waals surface area contributed by atoms with Crippen molar-refractivity contribution in [2.75, 3.05) is 0 Å². The summed E-state index contributed by atoms with van der Waals surface area (Å²) >= 11 is 0. The molecule has 0 unspecified atom stereocenters. The first-order chi connectivity index (χ1) is 31.8. The fourth-order valence-corrected chi connectivity index (χ4v) is 7.62. The van der Waals surface area contributed by atoms with Crippen LogP contribution in [0.2, 0.25) is 0 Å². The number of amidine groups is 1. The molecule has 2 heterocycles. The lowest BCUT2D eigenvalue weighted by Crippen LogP contribution is -2.14. The Morgan fingerprint density at radius 1 is 0.738 bits per heavy atom. The molecule has 0 fully saturated rings. The lowest BCUT2D eigenvalue weighted by Gasteiger charge is -2.17. The van der Waals surface area contributed by atoms with E-state index in [2.05, 4.69) is 153 Å². The van der Waals surface area contributed by atoms with Gasteiger partial charge in [-0.3, -0.25) is 0 Å². The van der Waals surface area contributed by atoms with E-state index in [1.165, 1.54) is 21.9 Å². The van der Waals surface area contributed by atoms with E-state index in [-0.39, 0.29) is 0 Å². The molecule has 322 valence electrons. The van der Waals surface area contributed by atoms with Crippen LogP contribution in [-0.4, -0.2) is 5.84 Å². The van der Waals surface area contributed by atoms with Crippen molar-refractivity contribution in [1.82, 2.24) is 0 Å². The number of allylic oxidation sites excluding steroid dienone is 11. The van der Waals surface area contributed by atoms with Crippen LogP contribution in [0.4, 0.5) is 0 Å². The lowest BCUT2D eigenvalue weighted by atomic mass is 9.94. The summed E-state index contributed by atoms with van der Waals surface area (Å²) in [6.45, 7) is 16.7. The minimum atomic E-state index is 0.502. The topological polar surface area (TPSA) is 60.8 Å². The summed E-state index contributed by atoms with van der Waals surface area (Å²) < 4.78 is 11.8. The molecule has 2 aliphatic rings. The number of fused-ring (bicyclic) bond motifs is 4. The molecule has 7 aromatic rings. The smallest absolute Gasteiger partial charge is 0.142 e. The Kier molecular flexibility index (Phi) is 15.5. The van der Waals surface area contributed by atoms with Crippen LogP contribution in [-0.2, 0) is 12.8 Å². The third kappa shape index (κ3) is 12.0. The molecule has 0 bridgehead atoms. The number of aryl methyl sites for hydroxylation is 1. The normalized spacial score (nSPS) is 14.9. The second kappa shape index (κ2) is 22.4. The fraction of sp³-hybridized carbons (Fsp3) is 0.0984. The zero-order valence-electron chi connectivity index (χ0n) is 37.4. The van der Waals surface area contributed by atoms with Gasteiger partial charge in [0.2, 0.25) is 0 Å². The van der Waals surface area contributed by atoms with Gasteiger partial charge in [-0.1, -0.05) is 197 Å². The van der Waals surface area contributed by atoms with Crippen molar-refractivity contribution in [3.05, 3.63) is 265 Å². The van der Waals surface area contributed by atoms with E-state index in [9.17, 15) is 0 Å². The number of benzene rings is 6. The third-order valence-corrected chi connectivity index (χ3v) is 11.1. The molecule has 1 aromatic heterocycles. The summed E-state index contributed by atoms with van der Waals surface area (Å²) in [7, 11) is 0. The standard InChI is InChI=1S/C41H38N2O.C12H8O.C8H10/c1-5-33(16-10-9-14-32-15-11-19-35(27-32)31(4)43-41(42)34-17-7-6-8-18-34)36-20-12-21-37(28-36)39-23-13-22-38-30(3)26-29(2)24-25-44-40(38)39;1-3-7-11-9(5-1)10-6-2-4-8-12(10)13-11;1-2-8-6-4-3-5-7-8/h5,7,9-13,15-28H,1,3-4,6,8,14H2,2H3,(H2,42,43);1-8H;3-7H,2H2,1H3/b10-9-,25-24-,29-26-,33-16+;;. The minimum absolute atomic E-state index is 0.502. The average molecular weight is 849 g/mol. The molecular formula is C61H56N2O2. The Morgan fingerprint density at radius 2 is 1.42 bits per heavy atom. The number of para-hydroxylation sites is 3. The second-order valence-electron chi connectivity index (χ2n) is 15.8. The molecule has 0 amide bonds. The zero-order chi connectivity index (χ0) is 45.4. The quantitative estimate of drug-likeness (QED) is 0.0847. The van der Waals surface area contributed by atoms with Crippen LogP contribution in [0.1, 0.15) is 54.5 Å². The summed E-state index contributed by atoms with van der Waals surface area (Å²) in [6, 6.07) is 49.6. The van der Waals surface area contributed by atoms with E-state index in [1.54, 1.807) is 6.26 Å². The molecule has 0 radical (unpaired) electrons. The van der Waals surface area contributed by atoms with Crippen molar-refractivity contribution >= 4 is 44.6 Å². The average Bonchev–Trinajstić information content (AvgIpc) is 3.73. The number of nitrogens with zero attached hydrogens (tertiary/aromatic N) is 1. The van der Waals surface area contributed by atoms with Gasteiger partial charge < -0.3 is 14.9 Å². The van der Waals surface area contributed by atoms with E-state index in [0.717, 1.165) is 92.7 Å². The van der Waals surface area contributed by atoms with E-state index < -0.39 is 0 Å². The number of hydrogen-bond acceptors (Lipinski definition) is 3. The molecule has 9 rings (SSSR count). The van der Waals surface area contributed by atoms with Crippen LogP contribution in [0, 0.1) is 0 Å². The van der Waals surface area contributed by atoms with Gasteiger partial charge in [0.15, 0.2) is 0 Å². The Labute approximate surface area is 384 Å². The molecule has 4 heteroatoms. The molecule has 65 heavy (non-hydrogen) atoms. The first kappa shape index (κ1) is 45.1. The SMILES string of the molecule is C=C/C(=C\C=C/Cc1cccc(C(=C)N=C(N)C2=CCCC=C2)c1)c1cccc(-c2cccc3c2O/C=C\C(C)=C/C3=C)c1.CCc1ccccc1.c1ccc2c(c1)oc1ccccc12. The fourth-order valence-electron chi connectivity index (χ4n) is 7.62. The van der Waals surface area contributed by atoms with Gasteiger partial charge in [0.25, 0.3) is 0 Å². The number of rotatable bonds is 10. The highest BCUT2D eigenvalue weighted by atomic mass is 16.5. The van der Waals surface area contributed by atoms with Crippen molar-refractivity contribution in [3.63, 3.8) is 0 Å². The molecule has 0 atom stereocenters. The number of hydrogen-bond donors (Lipinski definition) is 1. The minimum Gasteiger partial charge on any atom is -0.464 e. The summed E-state index contributed by atoms with van der Waals surface area (Å²) in [5.74, 6) is 1.31. The van der Waals surface area contributed by atoms with Gasteiger partial charge in [0.1, 0.15) is 22.8 Å². The van der Waals surface area contributed by atoms with Crippen LogP contribution in [0.15, 0.2) is 247 Å². The molecule has 1 aliphatic carbocycles. The lowest BCUT2D eigenvalue weighted by molar-refractivity contribution is 0.481. The van der Waals surface area contributed by atoms with Crippen LogP contribution >= 0.6 is 0 Å². The number of nitrogens with two attached hydrogens (primary N) is 1. The summed E-state index contributed by atoms with van der Waals surface area (Å²) in [6.07, 6.45) is 24.2. The van der Waals surface area contributed by atoms with Gasteiger partial charge in [-0.15, -0.1) is 0 Å². The second-order valence-corrected chi connectivity index (χ2v) is 15.8. The van der Waals surface area contributed by atoms with Crippen molar-refractivity contribution in [2.45, 2.75) is 39.5 Å². The van der Waals surface area contributed by atoms with Gasteiger partial charge in [-0.25, -0.2) is 4.99 Å². The van der Waals surface area contributed by atoms with Crippen molar-refractivity contribution in [2.24, 2.45) is 10.7 Å². The van der Waals surface area contributed by atoms with Gasteiger partial charge in [0.05, 0.1) is 12.0 Å². The predicted molar refractivity (Wildman–Crippen MR) is 279 cm³/mol. The molecule has 4 nitrogen and oxygen atoms in total. The van der Waals surface area contributed by atoms with Crippen molar-refractivity contribution in [1.29, 1.82) is 0 Å². The van der Waals surface area contributed by atoms with Gasteiger partial charge in [0, 0.05) is 27.5 Å². The maximum absolute atomic E-state index is 6.24. The van der Waals surface area contributed by atoms with Crippen molar-refractivity contribution in [3.8, 4) is 16.9 Å². The Balaban J connectivity index is 0.000000241. The first-order valence-corrected chi connectivity index (χ1v) is 22.1. The van der Waals surface area contributed by atoms with Gasteiger partial charge in [-0.05, 0) is 107 Å². The Hall–Kier alpha value is -7.95. The first-order valence-electron chi connectivity index (χ1n) is 22.1. The summed E-state index contributed by atoms with van der Waals surface area (Å²) in [4.78, 5) is 4.57. The maximum Gasteiger partial charge on any atom is 0.142 e. The molecule has 0 saturated carbocycles. The number of ether oxygens (including phenoxy) is 1. The third-order valence-electron chi connectivity index (χ3n) is 11.1.